The monoisotopic (exact) mass is 338 g/mol. The number of hydrogen-bond donors (Lipinski definition) is 0. The van der Waals surface area contributed by atoms with E-state index in [1.165, 1.54) is 10.5 Å². The molecule has 1 aliphatic heterocycles. The highest BCUT2D eigenvalue weighted by atomic mass is 32.2. The topological polar surface area (TPSA) is 18.5 Å². The number of ether oxygens (including phenoxy) is 2. The summed E-state index contributed by atoms with van der Waals surface area (Å²) in [7, 11) is 1.69. The SMILES string of the molecule is COc1ccc(CSC2=CC(C)(C)OC(c3ccccc3)=C2)cc1. The summed E-state index contributed by atoms with van der Waals surface area (Å²) >= 11 is 1.83. The van der Waals surface area contributed by atoms with E-state index in [1.807, 2.05) is 42.1 Å². The molecule has 1 heterocycles. The zero-order valence-corrected chi connectivity index (χ0v) is 15.1. The van der Waals surface area contributed by atoms with E-state index >= 15 is 0 Å². The minimum atomic E-state index is -0.303. The summed E-state index contributed by atoms with van der Waals surface area (Å²) in [6.45, 7) is 4.19. The summed E-state index contributed by atoms with van der Waals surface area (Å²) in [5, 5.41) is 0. The van der Waals surface area contributed by atoms with E-state index in [2.05, 4.69) is 50.3 Å². The summed E-state index contributed by atoms with van der Waals surface area (Å²) in [5.41, 5.74) is 2.09. The lowest BCUT2D eigenvalue weighted by Crippen LogP contribution is -2.23. The van der Waals surface area contributed by atoms with E-state index in [9.17, 15) is 0 Å². The maximum absolute atomic E-state index is 6.13. The van der Waals surface area contributed by atoms with Crippen molar-refractivity contribution in [3.05, 3.63) is 82.8 Å². The van der Waals surface area contributed by atoms with Gasteiger partial charge in [-0.2, -0.15) is 0 Å². The molecule has 3 heteroatoms. The van der Waals surface area contributed by atoms with Crippen LogP contribution in [0.3, 0.4) is 0 Å². The fourth-order valence-corrected chi connectivity index (χ4v) is 3.66. The molecule has 0 bridgehead atoms. The summed E-state index contributed by atoms with van der Waals surface area (Å²) < 4.78 is 11.3. The molecule has 0 amide bonds. The first kappa shape index (κ1) is 16.7. The van der Waals surface area contributed by atoms with Crippen LogP contribution in [0.25, 0.3) is 5.76 Å². The third-order valence-corrected chi connectivity index (χ3v) is 4.81. The zero-order valence-electron chi connectivity index (χ0n) is 14.3. The first-order chi connectivity index (χ1) is 11.6. The summed E-state index contributed by atoms with van der Waals surface area (Å²) in [6.07, 6.45) is 4.32. The molecule has 3 rings (SSSR count). The van der Waals surface area contributed by atoms with Crippen molar-refractivity contribution in [2.75, 3.05) is 7.11 Å². The second kappa shape index (κ2) is 7.18. The molecule has 1 aliphatic rings. The van der Waals surface area contributed by atoms with Gasteiger partial charge in [0.25, 0.3) is 0 Å². The molecule has 0 saturated heterocycles. The van der Waals surface area contributed by atoms with Crippen molar-refractivity contribution in [3.8, 4) is 5.75 Å². The molecule has 0 radical (unpaired) electrons. The Hall–Kier alpha value is -2.13. The van der Waals surface area contributed by atoms with E-state index in [0.29, 0.717) is 0 Å². The van der Waals surface area contributed by atoms with E-state index < -0.39 is 0 Å². The normalized spacial score (nSPS) is 16.0. The Morgan fingerprint density at radius 1 is 1.00 bits per heavy atom. The van der Waals surface area contributed by atoms with E-state index in [4.69, 9.17) is 9.47 Å². The van der Waals surface area contributed by atoms with Gasteiger partial charge in [-0.05, 0) is 43.7 Å². The third-order valence-electron chi connectivity index (χ3n) is 3.76. The van der Waals surface area contributed by atoms with E-state index in [0.717, 1.165) is 22.8 Å². The first-order valence-corrected chi connectivity index (χ1v) is 8.99. The van der Waals surface area contributed by atoms with Crippen LogP contribution < -0.4 is 4.74 Å². The zero-order chi connectivity index (χ0) is 17.0. The first-order valence-electron chi connectivity index (χ1n) is 8.00. The van der Waals surface area contributed by atoms with Gasteiger partial charge >= 0.3 is 0 Å². The highest BCUT2D eigenvalue weighted by Gasteiger charge is 2.24. The molecule has 24 heavy (non-hydrogen) atoms. The molecular weight excluding hydrogens is 316 g/mol. The minimum absolute atomic E-state index is 0.303. The predicted molar refractivity (Wildman–Crippen MR) is 102 cm³/mol. The van der Waals surface area contributed by atoms with Crippen molar-refractivity contribution in [2.45, 2.75) is 25.2 Å². The second-order valence-corrected chi connectivity index (χ2v) is 7.31. The van der Waals surface area contributed by atoms with E-state index in [1.54, 1.807) is 7.11 Å². The summed E-state index contributed by atoms with van der Waals surface area (Å²) in [5.74, 6) is 2.74. The lowest BCUT2D eigenvalue weighted by molar-refractivity contribution is 0.123. The van der Waals surface area contributed by atoms with Crippen molar-refractivity contribution in [1.29, 1.82) is 0 Å². The molecule has 0 fully saturated rings. The Morgan fingerprint density at radius 2 is 1.71 bits per heavy atom. The molecule has 0 unspecified atom stereocenters. The lowest BCUT2D eigenvalue weighted by atomic mass is 10.0. The van der Waals surface area contributed by atoms with Crippen molar-refractivity contribution in [2.24, 2.45) is 0 Å². The fraction of sp³-hybridized carbons (Fsp3) is 0.238. The van der Waals surface area contributed by atoms with Gasteiger partial charge in [0.1, 0.15) is 17.1 Å². The Kier molecular flexibility index (Phi) is 5.00. The molecule has 0 saturated carbocycles. The second-order valence-electron chi connectivity index (χ2n) is 6.26. The van der Waals surface area contributed by atoms with Crippen LogP contribution in [0.2, 0.25) is 0 Å². The van der Waals surface area contributed by atoms with Crippen LogP contribution in [0.4, 0.5) is 0 Å². The highest BCUT2D eigenvalue weighted by Crippen LogP contribution is 2.36. The molecule has 0 aliphatic carbocycles. The Bertz CT molecular complexity index is 743. The Morgan fingerprint density at radius 3 is 2.38 bits per heavy atom. The van der Waals surface area contributed by atoms with Crippen molar-refractivity contribution < 1.29 is 9.47 Å². The molecule has 0 N–H and O–H groups in total. The van der Waals surface area contributed by atoms with Crippen LogP contribution >= 0.6 is 11.8 Å². The third kappa shape index (κ3) is 4.24. The molecule has 0 atom stereocenters. The van der Waals surface area contributed by atoms with Crippen molar-refractivity contribution in [3.63, 3.8) is 0 Å². The standard InChI is InChI=1S/C21H22O2S/c1-21(2)14-19(13-20(23-21)17-7-5-4-6-8-17)24-15-16-9-11-18(22-3)12-10-16/h4-14H,15H2,1-3H3. The Labute approximate surface area is 148 Å². The molecule has 2 aromatic rings. The van der Waals surface area contributed by atoms with Gasteiger partial charge in [0.05, 0.1) is 7.11 Å². The molecule has 0 spiro atoms. The molecule has 2 nitrogen and oxygen atoms in total. The van der Waals surface area contributed by atoms with Gasteiger partial charge in [-0.1, -0.05) is 42.5 Å². The molecule has 2 aromatic carbocycles. The van der Waals surface area contributed by atoms with Crippen LogP contribution in [0, 0.1) is 0 Å². The predicted octanol–water partition coefficient (Wildman–Crippen LogP) is 5.66. The van der Waals surface area contributed by atoms with Gasteiger partial charge < -0.3 is 9.47 Å². The minimum Gasteiger partial charge on any atom is -0.497 e. The van der Waals surface area contributed by atoms with Crippen LogP contribution in [-0.4, -0.2) is 12.7 Å². The summed E-state index contributed by atoms with van der Waals surface area (Å²) in [4.78, 5) is 1.24. The van der Waals surface area contributed by atoms with Gasteiger partial charge in [-0.25, -0.2) is 0 Å². The molecule has 0 aromatic heterocycles. The quantitative estimate of drug-likeness (QED) is 0.700. The van der Waals surface area contributed by atoms with Gasteiger partial charge in [-0.3, -0.25) is 0 Å². The van der Waals surface area contributed by atoms with E-state index in [-0.39, 0.29) is 5.60 Å². The van der Waals surface area contributed by atoms with Crippen molar-refractivity contribution in [1.82, 2.24) is 0 Å². The molecular formula is C21H22O2S. The van der Waals surface area contributed by atoms with Crippen LogP contribution in [0.5, 0.6) is 5.75 Å². The largest absolute Gasteiger partial charge is 0.497 e. The van der Waals surface area contributed by atoms with Crippen molar-refractivity contribution >= 4 is 17.5 Å². The number of hydrogen-bond acceptors (Lipinski definition) is 3. The number of allylic oxidation sites excluding steroid dienone is 1. The maximum atomic E-state index is 6.13. The van der Waals surface area contributed by atoms with Gasteiger partial charge in [0.15, 0.2) is 0 Å². The van der Waals surface area contributed by atoms with Gasteiger partial charge in [0.2, 0.25) is 0 Å². The number of rotatable bonds is 5. The number of benzene rings is 2. The average molecular weight is 338 g/mol. The maximum Gasteiger partial charge on any atom is 0.128 e. The lowest BCUT2D eigenvalue weighted by Gasteiger charge is -2.29. The van der Waals surface area contributed by atoms with Crippen LogP contribution in [-0.2, 0) is 10.5 Å². The number of thioether (sulfide) groups is 1. The molecule has 124 valence electrons. The number of methoxy groups -OCH3 is 1. The average Bonchev–Trinajstić information content (AvgIpc) is 2.60. The fourth-order valence-electron chi connectivity index (χ4n) is 2.57. The van der Waals surface area contributed by atoms with Crippen LogP contribution in [0.1, 0.15) is 25.0 Å². The van der Waals surface area contributed by atoms with Gasteiger partial charge in [-0.15, -0.1) is 11.8 Å². The van der Waals surface area contributed by atoms with Gasteiger partial charge in [0, 0.05) is 16.2 Å². The van der Waals surface area contributed by atoms with Crippen LogP contribution in [0.15, 0.2) is 71.7 Å². The Balaban J connectivity index is 1.75. The summed E-state index contributed by atoms with van der Waals surface area (Å²) in [6, 6.07) is 18.5. The highest BCUT2D eigenvalue weighted by molar-refractivity contribution is 8.02. The smallest absolute Gasteiger partial charge is 0.128 e.